The van der Waals surface area contributed by atoms with Crippen molar-refractivity contribution in [3.8, 4) is 5.75 Å². The lowest BCUT2D eigenvalue weighted by Gasteiger charge is -2.20. The molecule has 0 spiro atoms. The minimum absolute atomic E-state index is 0.170. The van der Waals surface area contributed by atoms with E-state index in [0.717, 1.165) is 24.6 Å². The van der Waals surface area contributed by atoms with Crippen molar-refractivity contribution in [3.63, 3.8) is 0 Å². The molecule has 0 unspecified atom stereocenters. The van der Waals surface area contributed by atoms with E-state index in [9.17, 15) is 8.42 Å². The maximum absolute atomic E-state index is 12.7. The van der Waals surface area contributed by atoms with Gasteiger partial charge in [-0.1, -0.05) is 0 Å². The maximum atomic E-state index is 12.7. The summed E-state index contributed by atoms with van der Waals surface area (Å²) in [7, 11) is -3.70. The summed E-state index contributed by atoms with van der Waals surface area (Å²) in [5.41, 5.74) is 1.25. The van der Waals surface area contributed by atoms with E-state index in [4.69, 9.17) is 4.74 Å². The summed E-state index contributed by atoms with van der Waals surface area (Å²) >= 11 is 0. The molecule has 0 aliphatic carbocycles. The monoisotopic (exact) mass is 455 g/mol. The molecule has 170 valence electrons. The van der Waals surface area contributed by atoms with Crippen LogP contribution in [0.5, 0.6) is 5.75 Å². The van der Waals surface area contributed by atoms with Crippen LogP contribution in [0.4, 0.5) is 23.0 Å². The highest BCUT2D eigenvalue weighted by Gasteiger charge is 2.14. The Morgan fingerprint density at radius 1 is 0.906 bits per heavy atom. The molecule has 0 atom stereocenters. The Bertz CT molecular complexity index is 1130. The van der Waals surface area contributed by atoms with Crippen LogP contribution in [0.1, 0.15) is 26.6 Å². The van der Waals surface area contributed by atoms with Crippen molar-refractivity contribution >= 4 is 33.0 Å². The molecule has 0 amide bonds. The van der Waals surface area contributed by atoms with Gasteiger partial charge in [0.15, 0.2) is 0 Å². The number of nitrogens with zero attached hydrogens (tertiary/aromatic N) is 3. The largest absolute Gasteiger partial charge is 0.494 e. The molecule has 0 bridgehead atoms. The predicted molar refractivity (Wildman–Crippen MR) is 128 cm³/mol. The highest BCUT2D eigenvalue weighted by Crippen LogP contribution is 2.23. The summed E-state index contributed by atoms with van der Waals surface area (Å²) in [4.78, 5) is 11.3. The first-order chi connectivity index (χ1) is 15.3. The first-order valence-electron chi connectivity index (χ1n) is 10.6. The van der Waals surface area contributed by atoms with Crippen LogP contribution in [0.2, 0.25) is 0 Å². The molecule has 0 aliphatic rings. The van der Waals surface area contributed by atoms with E-state index < -0.39 is 10.0 Å². The summed E-state index contributed by atoms with van der Waals surface area (Å²) in [5, 5.41) is 3.26. The normalized spacial score (nSPS) is 11.1. The lowest BCUT2D eigenvalue weighted by molar-refractivity contribution is 0.340. The second-order valence-corrected chi connectivity index (χ2v) is 8.73. The third kappa shape index (κ3) is 5.88. The highest BCUT2D eigenvalue weighted by molar-refractivity contribution is 7.92. The SMILES string of the molecule is CCOc1ccc(S(=O)(=O)Nc2ccc(Nc3cc(N(CC)CC)nc(C)n3)cc2)cc1. The second-order valence-electron chi connectivity index (χ2n) is 7.04. The summed E-state index contributed by atoms with van der Waals surface area (Å²) in [6.45, 7) is 10.1. The van der Waals surface area contributed by atoms with E-state index in [-0.39, 0.29) is 4.90 Å². The number of nitrogens with one attached hydrogen (secondary N) is 2. The zero-order chi connectivity index (χ0) is 23.1. The van der Waals surface area contributed by atoms with Crippen molar-refractivity contribution in [2.75, 3.05) is 34.6 Å². The Labute approximate surface area is 189 Å². The fraction of sp³-hybridized carbons (Fsp3) is 0.304. The number of aryl methyl sites for hydroxylation is 1. The second kappa shape index (κ2) is 10.3. The number of benzene rings is 2. The van der Waals surface area contributed by atoms with Gasteiger partial charge in [-0.3, -0.25) is 4.72 Å². The van der Waals surface area contributed by atoms with Gasteiger partial charge in [0.25, 0.3) is 10.0 Å². The van der Waals surface area contributed by atoms with Gasteiger partial charge < -0.3 is 15.0 Å². The van der Waals surface area contributed by atoms with Gasteiger partial charge in [0.05, 0.1) is 11.5 Å². The average molecular weight is 456 g/mol. The van der Waals surface area contributed by atoms with Crippen molar-refractivity contribution in [1.29, 1.82) is 0 Å². The Kier molecular flexibility index (Phi) is 7.53. The number of hydrogen-bond donors (Lipinski definition) is 2. The number of ether oxygens (including phenoxy) is 1. The van der Waals surface area contributed by atoms with Crippen LogP contribution in [0.15, 0.2) is 59.5 Å². The molecule has 2 aromatic carbocycles. The molecule has 0 saturated heterocycles. The van der Waals surface area contributed by atoms with Gasteiger partial charge in [-0.2, -0.15) is 0 Å². The van der Waals surface area contributed by atoms with Crippen LogP contribution in [0.3, 0.4) is 0 Å². The molecular formula is C23H29N5O3S. The molecule has 1 heterocycles. The molecule has 8 nitrogen and oxygen atoms in total. The fourth-order valence-electron chi connectivity index (χ4n) is 3.19. The first-order valence-corrected chi connectivity index (χ1v) is 12.1. The van der Waals surface area contributed by atoms with Gasteiger partial charge in [-0.05, 0) is 76.2 Å². The van der Waals surface area contributed by atoms with Crippen LogP contribution in [0.25, 0.3) is 0 Å². The molecule has 3 rings (SSSR count). The molecular weight excluding hydrogens is 426 g/mol. The number of anilines is 4. The number of rotatable bonds is 10. The lowest BCUT2D eigenvalue weighted by Crippen LogP contribution is -2.23. The van der Waals surface area contributed by atoms with Crippen molar-refractivity contribution in [2.45, 2.75) is 32.6 Å². The van der Waals surface area contributed by atoms with Crippen molar-refractivity contribution in [3.05, 3.63) is 60.4 Å². The summed E-state index contributed by atoms with van der Waals surface area (Å²) in [6.07, 6.45) is 0. The molecule has 0 saturated carbocycles. The smallest absolute Gasteiger partial charge is 0.261 e. The lowest BCUT2D eigenvalue weighted by atomic mass is 10.3. The standard InChI is InChI=1S/C23H29N5O3S/c1-5-28(6-2)23-16-22(24-17(4)25-23)26-18-8-10-19(11-9-18)27-32(29,30)21-14-12-20(13-15-21)31-7-3/h8-16,27H,5-7H2,1-4H3,(H,24,25,26). The van der Waals surface area contributed by atoms with E-state index in [1.165, 1.54) is 12.1 Å². The van der Waals surface area contributed by atoms with E-state index in [0.29, 0.717) is 29.7 Å². The molecule has 0 fully saturated rings. The zero-order valence-corrected chi connectivity index (χ0v) is 19.6. The summed E-state index contributed by atoms with van der Waals surface area (Å²) in [5.74, 6) is 2.86. The average Bonchev–Trinajstić information content (AvgIpc) is 2.76. The quantitative estimate of drug-likeness (QED) is 0.462. The molecule has 3 aromatic rings. The highest BCUT2D eigenvalue weighted by atomic mass is 32.2. The number of sulfonamides is 1. The third-order valence-electron chi connectivity index (χ3n) is 4.77. The van der Waals surface area contributed by atoms with Crippen molar-refractivity contribution in [2.24, 2.45) is 0 Å². The van der Waals surface area contributed by atoms with Crippen LogP contribution in [-0.2, 0) is 10.0 Å². The molecule has 2 N–H and O–H groups in total. The Hall–Kier alpha value is -3.33. The van der Waals surface area contributed by atoms with Crippen molar-refractivity contribution < 1.29 is 13.2 Å². The van der Waals surface area contributed by atoms with Gasteiger partial charge in [0.2, 0.25) is 0 Å². The molecule has 1 aromatic heterocycles. The minimum atomic E-state index is -3.70. The Balaban J connectivity index is 1.71. The van der Waals surface area contributed by atoms with E-state index in [1.807, 2.05) is 19.9 Å². The van der Waals surface area contributed by atoms with Gasteiger partial charge in [-0.25, -0.2) is 18.4 Å². The molecule has 0 aliphatic heterocycles. The van der Waals surface area contributed by atoms with Crippen molar-refractivity contribution in [1.82, 2.24) is 9.97 Å². The summed E-state index contributed by atoms with van der Waals surface area (Å²) < 4.78 is 33.3. The van der Waals surface area contributed by atoms with Gasteiger partial charge in [0.1, 0.15) is 23.2 Å². The molecule has 32 heavy (non-hydrogen) atoms. The topological polar surface area (TPSA) is 96.5 Å². The van der Waals surface area contributed by atoms with Crippen LogP contribution in [0, 0.1) is 6.92 Å². The van der Waals surface area contributed by atoms with Gasteiger partial charge >= 0.3 is 0 Å². The van der Waals surface area contributed by atoms with E-state index in [2.05, 4.69) is 38.8 Å². The predicted octanol–water partition coefficient (Wildman–Crippen LogP) is 4.57. The zero-order valence-electron chi connectivity index (χ0n) is 18.8. The Morgan fingerprint density at radius 3 is 2.12 bits per heavy atom. The van der Waals surface area contributed by atoms with E-state index >= 15 is 0 Å². The van der Waals surface area contributed by atoms with Crippen LogP contribution >= 0.6 is 0 Å². The Morgan fingerprint density at radius 2 is 1.53 bits per heavy atom. The first kappa shape index (κ1) is 23.3. The van der Waals surface area contributed by atoms with Crippen LogP contribution in [-0.4, -0.2) is 38.1 Å². The van der Waals surface area contributed by atoms with Gasteiger partial charge in [-0.15, -0.1) is 0 Å². The van der Waals surface area contributed by atoms with E-state index in [1.54, 1.807) is 36.4 Å². The van der Waals surface area contributed by atoms with Gasteiger partial charge in [0, 0.05) is 30.5 Å². The third-order valence-corrected chi connectivity index (χ3v) is 6.16. The maximum Gasteiger partial charge on any atom is 0.261 e. The van der Waals surface area contributed by atoms with Crippen LogP contribution < -0.4 is 19.7 Å². The number of aromatic nitrogens is 2. The minimum Gasteiger partial charge on any atom is -0.494 e. The number of hydrogen-bond acceptors (Lipinski definition) is 7. The fourth-order valence-corrected chi connectivity index (χ4v) is 4.25. The molecule has 0 radical (unpaired) electrons. The molecule has 9 heteroatoms. The summed E-state index contributed by atoms with van der Waals surface area (Å²) in [6, 6.07) is 15.2.